The molecule has 3 heterocycles. The molecule has 0 fully saturated rings. The van der Waals surface area contributed by atoms with E-state index < -0.39 is 5.97 Å². The van der Waals surface area contributed by atoms with Crippen molar-refractivity contribution < 1.29 is 23.8 Å². The van der Waals surface area contributed by atoms with Crippen LogP contribution in [0.2, 0.25) is 0 Å². The number of ether oxygens (including phenoxy) is 1. The number of aryl methyl sites for hydroxylation is 2. The molecule has 0 unspecified atom stereocenters. The Balaban J connectivity index is 1.56. The van der Waals surface area contributed by atoms with Gasteiger partial charge in [-0.25, -0.2) is 0 Å². The van der Waals surface area contributed by atoms with Gasteiger partial charge < -0.3 is 19.2 Å². The number of carboxylic acids is 1. The summed E-state index contributed by atoms with van der Waals surface area (Å²) < 4.78 is 12.9. The minimum Gasteiger partial charge on any atom is -0.497 e. The lowest BCUT2D eigenvalue weighted by atomic mass is 10.1. The molecule has 2 aromatic heterocycles. The second-order valence-corrected chi connectivity index (χ2v) is 6.89. The quantitative estimate of drug-likeness (QED) is 0.727. The fraction of sp³-hybridized carbons (Fsp3) is 0.350. The van der Waals surface area contributed by atoms with Crippen LogP contribution in [-0.4, -0.2) is 45.3 Å². The lowest BCUT2D eigenvalue weighted by Gasteiger charge is -2.27. The van der Waals surface area contributed by atoms with Crippen LogP contribution in [0.25, 0.3) is 11.0 Å². The van der Waals surface area contributed by atoms with Crippen LogP contribution in [0.1, 0.15) is 33.9 Å². The molecule has 0 aliphatic carbocycles. The molecule has 3 aromatic rings. The Labute approximate surface area is 161 Å². The number of carbonyl (C=O) groups excluding carboxylic acids is 1. The molecule has 0 bridgehead atoms. The van der Waals surface area contributed by atoms with Crippen molar-refractivity contribution in [3.8, 4) is 5.75 Å². The standard InChI is InChI=1S/C20H21N3O5/c1-12-16-5-4-15(27-2)10-17(16)28-19(12)20(26)22-7-8-23-14(11-22)9-13(21-23)3-6-18(24)25/h4-5,9-10H,3,6-8,11H2,1-2H3,(H,24,25). The summed E-state index contributed by atoms with van der Waals surface area (Å²) in [7, 11) is 1.59. The Kier molecular flexibility index (Phi) is 4.54. The third-order valence-corrected chi connectivity index (χ3v) is 5.07. The summed E-state index contributed by atoms with van der Waals surface area (Å²) in [6, 6.07) is 7.39. The van der Waals surface area contributed by atoms with Crippen molar-refractivity contribution in [1.82, 2.24) is 14.7 Å². The first-order chi connectivity index (χ1) is 13.5. The molecule has 4 rings (SSSR count). The SMILES string of the molecule is COc1ccc2c(C)c(C(=O)N3CCn4nc(CCC(=O)O)cc4C3)oc2c1. The van der Waals surface area contributed by atoms with Gasteiger partial charge in [0.1, 0.15) is 11.3 Å². The van der Waals surface area contributed by atoms with E-state index in [0.29, 0.717) is 43.1 Å². The van der Waals surface area contributed by atoms with Crippen molar-refractivity contribution in [1.29, 1.82) is 0 Å². The lowest BCUT2D eigenvalue weighted by molar-refractivity contribution is -0.136. The lowest BCUT2D eigenvalue weighted by Crippen LogP contribution is -2.38. The van der Waals surface area contributed by atoms with Crippen molar-refractivity contribution in [2.75, 3.05) is 13.7 Å². The van der Waals surface area contributed by atoms with Crippen LogP contribution in [0.15, 0.2) is 28.7 Å². The number of amides is 1. The molecule has 0 spiro atoms. The Bertz CT molecular complexity index is 1070. The number of benzene rings is 1. The van der Waals surface area contributed by atoms with Crippen LogP contribution < -0.4 is 4.74 Å². The monoisotopic (exact) mass is 383 g/mol. The van der Waals surface area contributed by atoms with Gasteiger partial charge in [0.05, 0.1) is 38.0 Å². The van der Waals surface area contributed by atoms with Gasteiger partial charge >= 0.3 is 5.97 Å². The molecule has 1 aliphatic heterocycles. The Morgan fingerprint density at radius 2 is 2.11 bits per heavy atom. The molecule has 28 heavy (non-hydrogen) atoms. The molecule has 0 radical (unpaired) electrons. The maximum Gasteiger partial charge on any atom is 0.303 e. The number of hydrogen-bond donors (Lipinski definition) is 1. The average Bonchev–Trinajstić information content (AvgIpc) is 3.25. The number of aromatic nitrogens is 2. The summed E-state index contributed by atoms with van der Waals surface area (Å²) in [6.07, 6.45) is 0.425. The summed E-state index contributed by atoms with van der Waals surface area (Å²) in [5.41, 5.74) is 3.07. The van der Waals surface area contributed by atoms with E-state index in [1.807, 2.05) is 29.8 Å². The number of aliphatic carboxylic acids is 1. The number of rotatable bonds is 5. The van der Waals surface area contributed by atoms with Gasteiger partial charge in [0.15, 0.2) is 5.76 Å². The topological polar surface area (TPSA) is 97.8 Å². The maximum absolute atomic E-state index is 13.1. The fourth-order valence-electron chi connectivity index (χ4n) is 3.54. The van der Waals surface area contributed by atoms with Crippen LogP contribution in [0.4, 0.5) is 0 Å². The summed E-state index contributed by atoms with van der Waals surface area (Å²) in [4.78, 5) is 25.6. The summed E-state index contributed by atoms with van der Waals surface area (Å²) in [6.45, 7) is 3.38. The van der Waals surface area contributed by atoms with Crippen molar-refractivity contribution in [3.63, 3.8) is 0 Å². The first kappa shape index (κ1) is 18.1. The van der Waals surface area contributed by atoms with Gasteiger partial charge in [0.2, 0.25) is 0 Å². The summed E-state index contributed by atoms with van der Waals surface area (Å²) >= 11 is 0. The average molecular weight is 383 g/mol. The van der Waals surface area contributed by atoms with Gasteiger partial charge in [-0.3, -0.25) is 14.3 Å². The highest BCUT2D eigenvalue weighted by molar-refractivity contribution is 5.99. The molecular weight excluding hydrogens is 362 g/mol. The largest absolute Gasteiger partial charge is 0.497 e. The highest BCUT2D eigenvalue weighted by Gasteiger charge is 2.27. The molecular formula is C20H21N3O5. The molecule has 1 N–H and O–H groups in total. The zero-order valence-electron chi connectivity index (χ0n) is 15.8. The van der Waals surface area contributed by atoms with Crippen molar-refractivity contribution >= 4 is 22.8 Å². The zero-order chi connectivity index (χ0) is 19.8. The Morgan fingerprint density at radius 1 is 1.29 bits per heavy atom. The predicted octanol–water partition coefficient (Wildman–Crippen LogP) is 2.62. The molecule has 8 nitrogen and oxygen atoms in total. The smallest absolute Gasteiger partial charge is 0.303 e. The fourth-order valence-corrected chi connectivity index (χ4v) is 3.54. The van der Waals surface area contributed by atoms with Crippen LogP contribution >= 0.6 is 0 Å². The van der Waals surface area contributed by atoms with E-state index in [4.69, 9.17) is 14.3 Å². The Hall–Kier alpha value is -3.29. The van der Waals surface area contributed by atoms with Gasteiger partial charge in [0, 0.05) is 30.0 Å². The van der Waals surface area contributed by atoms with E-state index in [9.17, 15) is 9.59 Å². The number of hydrogen-bond acceptors (Lipinski definition) is 5. The minimum absolute atomic E-state index is 0.0424. The second kappa shape index (κ2) is 7.03. The molecule has 8 heteroatoms. The van der Waals surface area contributed by atoms with Crippen molar-refractivity contribution in [3.05, 3.63) is 47.0 Å². The number of furan rings is 1. The van der Waals surface area contributed by atoms with E-state index in [-0.39, 0.29) is 12.3 Å². The third-order valence-electron chi connectivity index (χ3n) is 5.07. The number of carbonyl (C=O) groups is 2. The minimum atomic E-state index is -0.847. The van der Waals surface area contributed by atoms with Gasteiger partial charge in [0.25, 0.3) is 5.91 Å². The number of methoxy groups -OCH3 is 1. The van der Waals surface area contributed by atoms with Gasteiger partial charge in [-0.05, 0) is 25.1 Å². The first-order valence-electron chi connectivity index (χ1n) is 9.10. The number of nitrogens with zero attached hydrogens (tertiary/aromatic N) is 3. The van der Waals surface area contributed by atoms with Gasteiger partial charge in [-0.2, -0.15) is 5.10 Å². The number of fused-ring (bicyclic) bond motifs is 2. The maximum atomic E-state index is 13.1. The third kappa shape index (κ3) is 3.21. The van der Waals surface area contributed by atoms with Gasteiger partial charge in [-0.1, -0.05) is 0 Å². The predicted molar refractivity (Wildman–Crippen MR) is 100 cm³/mol. The van der Waals surface area contributed by atoms with Crippen molar-refractivity contribution in [2.24, 2.45) is 0 Å². The highest BCUT2D eigenvalue weighted by atomic mass is 16.5. The van der Waals surface area contributed by atoms with Crippen LogP contribution in [-0.2, 0) is 24.3 Å². The Morgan fingerprint density at radius 3 is 2.86 bits per heavy atom. The molecule has 1 aromatic carbocycles. The van der Waals surface area contributed by atoms with E-state index >= 15 is 0 Å². The second-order valence-electron chi connectivity index (χ2n) is 6.89. The van der Waals surface area contributed by atoms with Crippen LogP contribution in [0.5, 0.6) is 5.75 Å². The molecule has 0 atom stereocenters. The van der Waals surface area contributed by atoms with Crippen LogP contribution in [0, 0.1) is 6.92 Å². The molecule has 0 saturated heterocycles. The zero-order valence-corrected chi connectivity index (χ0v) is 15.8. The highest BCUT2D eigenvalue weighted by Crippen LogP contribution is 2.30. The first-order valence-corrected chi connectivity index (χ1v) is 9.10. The van der Waals surface area contributed by atoms with E-state index in [1.54, 1.807) is 18.1 Å². The van der Waals surface area contributed by atoms with Gasteiger partial charge in [-0.15, -0.1) is 0 Å². The molecule has 146 valence electrons. The summed E-state index contributed by atoms with van der Waals surface area (Å²) in [5.74, 6) is 0.00491. The van der Waals surface area contributed by atoms with Crippen molar-refractivity contribution in [2.45, 2.75) is 32.9 Å². The van der Waals surface area contributed by atoms with Crippen LogP contribution in [0.3, 0.4) is 0 Å². The normalized spacial score (nSPS) is 13.6. The molecule has 1 aliphatic rings. The number of carboxylic acid groups (broad SMARTS) is 1. The van der Waals surface area contributed by atoms with E-state index in [1.165, 1.54) is 0 Å². The summed E-state index contributed by atoms with van der Waals surface area (Å²) in [5, 5.41) is 14.2. The molecule has 1 amide bonds. The molecule has 0 saturated carbocycles. The van der Waals surface area contributed by atoms with E-state index in [2.05, 4.69) is 5.10 Å². The van der Waals surface area contributed by atoms with E-state index in [0.717, 1.165) is 22.3 Å².